The summed E-state index contributed by atoms with van der Waals surface area (Å²) in [4.78, 5) is 0. The van der Waals surface area contributed by atoms with Crippen molar-refractivity contribution in [1.29, 1.82) is 0 Å². The van der Waals surface area contributed by atoms with E-state index in [1.54, 1.807) is 0 Å². The molecule has 0 aliphatic heterocycles. The van der Waals surface area contributed by atoms with Crippen LogP contribution in [-0.2, 0) is 0 Å². The molecule has 1 saturated carbocycles. The van der Waals surface area contributed by atoms with Crippen LogP contribution in [0.4, 0.5) is 0 Å². The molecule has 0 aromatic heterocycles. The molecular formula is C14H28O. The molecule has 0 heterocycles. The molecule has 1 N–H and O–H groups in total. The summed E-state index contributed by atoms with van der Waals surface area (Å²) < 4.78 is 0. The predicted octanol–water partition coefficient (Wildman–Crippen LogP) is 4.00. The van der Waals surface area contributed by atoms with Crippen molar-refractivity contribution in [1.82, 2.24) is 0 Å². The Bertz CT molecular complexity index is 165. The van der Waals surface area contributed by atoms with E-state index in [9.17, 15) is 5.11 Å². The Hall–Kier alpha value is -0.0400. The van der Waals surface area contributed by atoms with E-state index in [-0.39, 0.29) is 6.10 Å². The van der Waals surface area contributed by atoms with Gasteiger partial charge in [-0.15, -0.1) is 0 Å². The molecule has 3 unspecified atom stereocenters. The predicted molar refractivity (Wildman–Crippen MR) is 65.8 cm³/mol. The zero-order valence-electron chi connectivity index (χ0n) is 10.7. The zero-order valence-corrected chi connectivity index (χ0v) is 10.7. The third-order valence-corrected chi connectivity index (χ3v) is 4.10. The van der Waals surface area contributed by atoms with Gasteiger partial charge in [0.25, 0.3) is 0 Å². The van der Waals surface area contributed by atoms with Gasteiger partial charge in [-0.25, -0.2) is 0 Å². The number of unbranched alkanes of at least 4 members (excludes halogenated alkanes) is 2. The second kappa shape index (κ2) is 6.52. The normalized spacial score (nSPS) is 32.2. The minimum absolute atomic E-state index is 0.00291. The van der Waals surface area contributed by atoms with Gasteiger partial charge in [0, 0.05) is 0 Å². The van der Waals surface area contributed by atoms with Crippen LogP contribution in [0.25, 0.3) is 0 Å². The third kappa shape index (κ3) is 4.14. The monoisotopic (exact) mass is 212 g/mol. The standard InChI is InChI=1S/C14H28O/c1-4-5-6-7-13-10-12(11(2)3)8-9-14(13)15/h11-15H,4-10H2,1-3H3. The molecule has 1 nitrogen and oxygen atoms in total. The molecule has 90 valence electrons. The summed E-state index contributed by atoms with van der Waals surface area (Å²) in [6, 6.07) is 0. The van der Waals surface area contributed by atoms with Gasteiger partial charge < -0.3 is 5.11 Å². The first kappa shape index (κ1) is 13.0. The van der Waals surface area contributed by atoms with Gasteiger partial charge in [0.05, 0.1) is 6.10 Å². The van der Waals surface area contributed by atoms with Crippen LogP contribution in [0.3, 0.4) is 0 Å². The molecule has 0 spiro atoms. The maximum atomic E-state index is 9.97. The smallest absolute Gasteiger partial charge is 0.0568 e. The summed E-state index contributed by atoms with van der Waals surface area (Å²) in [6.07, 6.45) is 8.72. The van der Waals surface area contributed by atoms with Gasteiger partial charge in [-0.3, -0.25) is 0 Å². The highest BCUT2D eigenvalue weighted by atomic mass is 16.3. The first-order chi connectivity index (χ1) is 7.15. The minimum Gasteiger partial charge on any atom is -0.393 e. The molecule has 0 aromatic carbocycles. The summed E-state index contributed by atoms with van der Waals surface area (Å²) in [5, 5.41) is 9.97. The summed E-state index contributed by atoms with van der Waals surface area (Å²) in [5.41, 5.74) is 0. The molecular weight excluding hydrogens is 184 g/mol. The molecule has 1 rings (SSSR count). The van der Waals surface area contributed by atoms with Crippen molar-refractivity contribution in [2.45, 2.75) is 71.8 Å². The Labute approximate surface area is 95.3 Å². The lowest BCUT2D eigenvalue weighted by Crippen LogP contribution is -2.31. The highest BCUT2D eigenvalue weighted by Gasteiger charge is 2.29. The fourth-order valence-electron chi connectivity index (χ4n) is 2.86. The van der Waals surface area contributed by atoms with Crippen LogP contribution in [-0.4, -0.2) is 11.2 Å². The number of hydrogen-bond donors (Lipinski definition) is 1. The van der Waals surface area contributed by atoms with E-state index in [4.69, 9.17) is 0 Å². The van der Waals surface area contributed by atoms with Crippen LogP contribution < -0.4 is 0 Å². The fourth-order valence-corrected chi connectivity index (χ4v) is 2.86. The van der Waals surface area contributed by atoms with E-state index >= 15 is 0 Å². The lowest BCUT2D eigenvalue weighted by Gasteiger charge is -2.35. The van der Waals surface area contributed by atoms with Crippen LogP contribution in [0.1, 0.15) is 65.7 Å². The van der Waals surface area contributed by atoms with Crippen molar-refractivity contribution in [2.75, 3.05) is 0 Å². The van der Waals surface area contributed by atoms with E-state index in [0.717, 1.165) is 18.3 Å². The number of rotatable bonds is 5. The third-order valence-electron chi connectivity index (χ3n) is 4.10. The van der Waals surface area contributed by atoms with Gasteiger partial charge in [0.15, 0.2) is 0 Å². The molecule has 15 heavy (non-hydrogen) atoms. The largest absolute Gasteiger partial charge is 0.393 e. The van der Waals surface area contributed by atoms with Gasteiger partial charge in [-0.2, -0.15) is 0 Å². The second-order valence-electron chi connectivity index (χ2n) is 5.64. The molecule has 1 aliphatic carbocycles. The Morgan fingerprint density at radius 3 is 2.53 bits per heavy atom. The average molecular weight is 212 g/mol. The van der Waals surface area contributed by atoms with Crippen molar-refractivity contribution in [3.8, 4) is 0 Å². The lowest BCUT2D eigenvalue weighted by atomic mass is 9.73. The van der Waals surface area contributed by atoms with Crippen LogP contribution in [0.5, 0.6) is 0 Å². The van der Waals surface area contributed by atoms with Crippen molar-refractivity contribution >= 4 is 0 Å². The second-order valence-corrected chi connectivity index (χ2v) is 5.64. The Morgan fingerprint density at radius 1 is 1.20 bits per heavy atom. The molecule has 1 fully saturated rings. The topological polar surface area (TPSA) is 20.2 Å². The summed E-state index contributed by atoms with van der Waals surface area (Å²) in [7, 11) is 0. The quantitative estimate of drug-likeness (QED) is 0.683. The lowest BCUT2D eigenvalue weighted by molar-refractivity contribution is 0.0324. The van der Waals surface area contributed by atoms with E-state index in [0.29, 0.717) is 5.92 Å². The first-order valence-corrected chi connectivity index (χ1v) is 6.83. The maximum absolute atomic E-state index is 9.97. The highest BCUT2D eigenvalue weighted by Crippen LogP contribution is 2.36. The molecule has 0 aromatic rings. The first-order valence-electron chi connectivity index (χ1n) is 6.83. The Kier molecular flexibility index (Phi) is 5.66. The van der Waals surface area contributed by atoms with E-state index in [1.807, 2.05) is 0 Å². The molecule has 0 bridgehead atoms. The van der Waals surface area contributed by atoms with Gasteiger partial charge in [-0.05, 0) is 43.4 Å². The summed E-state index contributed by atoms with van der Waals surface area (Å²) in [6.45, 7) is 6.89. The number of aliphatic hydroxyl groups is 1. The van der Waals surface area contributed by atoms with Crippen LogP contribution in [0.2, 0.25) is 0 Å². The fraction of sp³-hybridized carbons (Fsp3) is 1.00. The Balaban J connectivity index is 2.32. The van der Waals surface area contributed by atoms with Gasteiger partial charge >= 0.3 is 0 Å². The van der Waals surface area contributed by atoms with Crippen molar-refractivity contribution < 1.29 is 5.11 Å². The zero-order chi connectivity index (χ0) is 11.3. The van der Waals surface area contributed by atoms with Crippen molar-refractivity contribution in [3.05, 3.63) is 0 Å². The number of hydrogen-bond acceptors (Lipinski definition) is 1. The summed E-state index contributed by atoms with van der Waals surface area (Å²) in [5.74, 6) is 2.25. The molecule has 1 heteroatoms. The van der Waals surface area contributed by atoms with Crippen LogP contribution in [0.15, 0.2) is 0 Å². The van der Waals surface area contributed by atoms with Crippen LogP contribution in [0, 0.1) is 17.8 Å². The van der Waals surface area contributed by atoms with Crippen LogP contribution >= 0.6 is 0 Å². The molecule has 0 saturated heterocycles. The van der Waals surface area contributed by atoms with Crippen molar-refractivity contribution in [3.63, 3.8) is 0 Å². The SMILES string of the molecule is CCCCCC1CC(C(C)C)CCC1O. The highest BCUT2D eigenvalue weighted by molar-refractivity contribution is 4.81. The molecule has 0 radical (unpaired) electrons. The van der Waals surface area contributed by atoms with E-state index < -0.39 is 0 Å². The van der Waals surface area contributed by atoms with Gasteiger partial charge in [-0.1, -0.05) is 40.0 Å². The number of aliphatic hydroxyl groups excluding tert-OH is 1. The minimum atomic E-state index is -0.00291. The van der Waals surface area contributed by atoms with Gasteiger partial charge in [0.1, 0.15) is 0 Å². The van der Waals surface area contributed by atoms with E-state index in [2.05, 4.69) is 20.8 Å². The molecule has 1 aliphatic rings. The van der Waals surface area contributed by atoms with Gasteiger partial charge in [0.2, 0.25) is 0 Å². The average Bonchev–Trinajstić information content (AvgIpc) is 2.20. The maximum Gasteiger partial charge on any atom is 0.0568 e. The van der Waals surface area contributed by atoms with E-state index in [1.165, 1.54) is 38.5 Å². The molecule has 3 atom stereocenters. The molecule has 0 amide bonds. The Morgan fingerprint density at radius 2 is 1.93 bits per heavy atom. The summed E-state index contributed by atoms with van der Waals surface area (Å²) >= 11 is 0. The van der Waals surface area contributed by atoms with Crippen molar-refractivity contribution in [2.24, 2.45) is 17.8 Å².